The van der Waals surface area contributed by atoms with E-state index in [1.54, 1.807) is 10.8 Å². The fourth-order valence-corrected chi connectivity index (χ4v) is 3.59. The van der Waals surface area contributed by atoms with Crippen LogP contribution in [-0.2, 0) is 14.8 Å². The third-order valence-electron chi connectivity index (χ3n) is 3.46. The van der Waals surface area contributed by atoms with Gasteiger partial charge in [-0.25, -0.2) is 21.9 Å². The zero-order chi connectivity index (χ0) is 19.6. The van der Waals surface area contributed by atoms with Crippen molar-refractivity contribution in [3.8, 4) is 11.5 Å². The molecule has 3 rings (SSSR count). The van der Waals surface area contributed by atoms with Crippen LogP contribution in [0.1, 0.15) is 5.56 Å². The lowest BCUT2D eigenvalue weighted by atomic mass is 10.2. The lowest BCUT2D eigenvalue weighted by Crippen LogP contribution is -2.29. The Morgan fingerprint density at radius 1 is 1.15 bits per heavy atom. The van der Waals surface area contributed by atoms with Crippen molar-refractivity contribution in [1.82, 2.24) is 4.72 Å². The molecule has 0 radical (unpaired) electrons. The van der Waals surface area contributed by atoms with Gasteiger partial charge in [-0.15, -0.1) is 0 Å². The molecule has 1 aliphatic heterocycles. The largest absolute Gasteiger partial charge is 0.486 e. The first-order chi connectivity index (χ1) is 12.8. The van der Waals surface area contributed by atoms with Gasteiger partial charge < -0.3 is 9.47 Å². The number of nitrogens with one attached hydrogen (secondary N) is 1. The van der Waals surface area contributed by atoms with Crippen molar-refractivity contribution in [2.24, 2.45) is 0 Å². The third-order valence-corrected chi connectivity index (χ3v) is 5.13. The van der Waals surface area contributed by atoms with E-state index in [2.05, 4.69) is 0 Å². The molecule has 1 amide bonds. The lowest BCUT2D eigenvalue weighted by molar-refractivity contribution is -0.114. The molecule has 0 saturated heterocycles. The molecule has 0 atom stereocenters. The fraction of sp³-hybridized carbons (Fsp3) is 0.118. The van der Waals surface area contributed by atoms with E-state index in [0.717, 1.165) is 18.2 Å². The first-order valence-corrected chi connectivity index (χ1v) is 9.41. The molecule has 0 saturated carbocycles. The van der Waals surface area contributed by atoms with Crippen molar-refractivity contribution in [1.29, 1.82) is 0 Å². The number of carbonyl (C=O) groups is 1. The monoisotopic (exact) mass is 415 g/mol. The third kappa shape index (κ3) is 4.37. The summed E-state index contributed by atoms with van der Waals surface area (Å²) >= 11 is 6.07. The maximum Gasteiger partial charge on any atom is 0.267 e. The summed E-state index contributed by atoms with van der Waals surface area (Å²) in [6.45, 7) is 0.709. The summed E-state index contributed by atoms with van der Waals surface area (Å²) in [6.07, 6.45) is 2.23. The van der Waals surface area contributed by atoms with E-state index in [9.17, 15) is 22.0 Å². The molecule has 142 valence electrons. The molecule has 1 heterocycles. The van der Waals surface area contributed by atoms with Gasteiger partial charge in [0.2, 0.25) is 0 Å². The SMILES string of the molecule is O=C(/C=C/c1cc(Cl)c2c(c1)OCCO2)NS(=O)(=O)c1ccc(F)cc1F. The second kappa shape index (κ2) is 7.53. The van der Waals surface area contributed by atoms with Crippen LogP contribution < -0.4 is 14.2 Å². The number of sulfonamides is 1. The highest BCUT2D eigenvalue weighted by atomic mass is 35.5. The van der Waals surface area contributed by atoms with Gasteiger partial charge in [-0.1, -0.05) is 11.6 Å². The van der Waals surface area contributed by atoms with Crippen LogP contribution in [-0.4, -0.2) is 27.5 Å². The first kappa shape index (κ1) is 19.1. The summed E-state index contributed by atoms with van der Waals surface area (Å²) < 4.78 is 63.1. The van der Waals surface area contributed by atoms with Crippen molar-refractivity contribution < 1.29 is 31.5 Å². The highest BCUT2D eigenvalue weighted by Crippen LogP contribution is 2.38. The Hall–Kier alpha value is -2.65. The number of ether oxygens (including phenoxy) is 2. The minimum atomic E-state index is -4.50. The summed E-state index contributed by atoms with van der Waals surface area (Å²) in [5.41, 5.74) is 0.463. The maximum atomic E-state index is 13.6. The van der Waals surface area contributed by atoms with Gasteiger partial charge >= 0.3 is 0 Å². The zero-order valence-corrected chi connectivity index (χ0v) is 15.1. The van der Waals surface area contributed by atoms with Gasteiger partial charge in [0.05, 0.1) is 5.02 Å². The fourth-order valence-electron chi connectivity index (χ4n) is 2.31. The van der Waals surface area contributed by atoms with E-state index in [0.29, 0.717) is 36.3 Å². The molecule has 10 heteroatoms. The van der Waals surface area contributed by atoms with E-state index < -0.39 is 32.5 Å². The van der Waals surface area contributed by atoms with Crippen LogP contribution in [0.4, 0.5) is 8.78 Å². The second-order valence-corrected chi connectivity index (χ2v) is 7.46. The number of benzene rings is 2. The Labute approximate surface area is 158 Å². The molecular weight excluding hydrogens is 404 g/mol. The molecule has 0 spiro atoms. The second-order valence-electron chi connectivity index (χ2n) is 5.40. The molecule has 0 fully saturated rings. The molecule has 1 aliphatic rings. The lowest BCUT2D eigenvalue weighted by Gasteiger charge is -2.19. The predicted octanol–water partition coefficient (Wildman–Crippen LogP) is 2.91. The molecule has 0 aliphatic carbocycles. The molecule has 27 heavy (non-hydrogen) atoms. The number of fused-ring (bicyclic) bond motifs is 1. The molecule has 2 aromatic carbocycles. The van der Waals surface area contributed by atoms with Gasteiger partial charge in [0.15, 0.2) is 11.5 Å². The Balaban J connectivity index is 1.76. The summed E-state index contributed by atoms with van der Waals surface area (Å²) in [7, 11) is -4.50. The molecule has 1 N–H and O–H groups in total. The molecule has 0 bridgehead atoms. The molecule has 2 aromatic rings. The minimum absolute atomic E-state index is 0.272. The van der Waals surface area contributed by atoms with Gasteiger partial charge in [0.1, 0.15) is 29.7 Å². The van der Waals surface area contributed by atoms with E-state index in [1.807, 2.05) is 0 Å². The Morgan fingerprint density at radius 2 is 1.89 bits per heavy atom. The van der Waals surface area contributed by atoms with Crippen LogP contribution in [0.2, 0.25) is 5.02 Å². The van der Waals surface area contributed by atoms with Crippen LogP contribution in [0.5, 0.6) is 11.5 Å². The summed E-state index contributed by atoms with van der Waals surface area (Å²) in [4.78, 5) is 11.1. The Bertz CT molecular complexity index is 1040. The number of rotatable bonds is 4. The smallest absolute Gasteiger partial charge is 0.267 e. The topological polar surface area (TPSA) is 81.7 Å². The zero-order valence-electron chi connectivity index (χ0n) is 13.5. The van der Waals surface area contributed by atoms with E-state index in [1.165, 1.54) is 12.1 Å². The van der Waals surface area contributed by atoms with Crippen molar-refractivity contribution in [2.75, 3.05) is 13.2 Å². The van der Waals surface area contributed by atoms with Gasteiger partial charge in [-0.2, -0.15) is 0 Å². The number of halogens is 3. The number of carbonyl (C=O) groups excluding carboxylic acids is 1. The molecular formula is C17H12ClF2NO5S. The number of amides is 1. The van der Waals surface area contributed by atoms with Crippen molar-refractivity contribution in [2.45, 2.75) is 4.90 Å². The molecule has 6 nitrogen and oxygen atoms in total. The van der Waals surface area contributed by atoms with Crippen LogP contribution in [0.25, 0.3) is 6.08 Å². The first-order valence-electron chi connectivity index (χ1n) is 7.55. The van der Waals surface area contributed by atoms with E-state index in [4.69, 9.17) is 21.1 Å². The molecule has 0 unspecified atom stereocenters. The van der Waals surface area contributed by atoms with Gasteiger partial charge in [0, 0.05) is 12.1 Å². The van der Waals surface area contributed by atoms with Crippen LogP contribution in [0, 0.1) is 11.6 Å². The quantitative estimate of drug-likeness (QED) is 0.776. The number of hydrogen-bond acceptors (Lipinski definition) is 5. The van der Waals surface area contributed by atoms with E-state index >= 15 is 0 Å². The van der Waals surface area contributed by atoms with E-state index in [-0.39, 0.29) is 5.02 Å². The normalized spacial score (nSPS) is 13.6. The summed E-state index contributed by atoms with van der Waals surface area (Å²) in [5, 5.41) is 0.272. The van der Waals surface area contributed by atoms with Gasteiger partial charge in [-0.3, -0.25) is 4.79 Å². The molecule has 0 aromatic heterocycles. The average molecular weight is 416 g/mol. The minimum Gasteiger partial charge on any atom is -0.486 e. The van der Waals surface area contributed by atoms with Crippen molar-refractivity contribution in [3.05, 3.63) is 58.6 Å². The summed E-state index contributed by atoms with van der Waals surface area (Å²) in [5.74, 6) is -2.48. The average Bonchev–Trinajstić information content (AvgIpc) is 2.59. The number of hydrogen-bond donors (Lipinski definition) is 1. The van der Waals surface area contributed by atoms with Crippen LogP contribution in [0.3, 0.4) is 0 Å². The summed E-state index contributed by atoms with van der Waals surface area (Å²) in [6, 6.07) is 4.98. The van der Waals surface area contributed by atoms with Crippen LogP contribution >= 0.6 is 11.6 Å². The van der Waals surface area contributed by atoms with Crippen LogP contribution in [0.15, 0.2) is 41.3 Å². The van der Waals surface area contributed by atoms with Gasteiger partial charge in [-0.05, 0) is 35.9 Å². The van der Waals surface area contributed by atoms with Gasteiger partial charge in [0.25, 0.3) is 15.9 Å². The maximum absolute atomic E-state index is 13.6. The van der Waals surface area contributed by atoms with Crippen molar-refractivity contribution in [3.63, 3.8) is 0 Å². The Morgan fingerprint density at radius 3 is 2.63 bits per heavy atom. The standard InChI is InChI=1S/C17H12ClF2NO5S/c18-12-7-10(8-14-17(12)26-6-5-25-14)1-4-16(22)21-27(23,24)15-3-2-11(19)9-13(15)20/h1-4,7-9H,5-6H2,(H,21,22)/b4-1+. The predicted molar refractivity (Wildman–Crippen MR) is 93.2 cm³/mol. The van der Waals surface area contributed by atoms with Crippen molar-refractivity contribution >= 4 is 33.6 Å². The highest BCUT2D eigenvalue weighted by Gasteiger charge is 2.21. The highest BCUT2D eigenvalue weighted by molar-refractivity contribution is 7.90. The Kier molecular flexibility index (Phi) is 5.33.